The summed E-state index contributed by atoms with van der Waals surface area (Å²) >= 11 is 12.3. The Bertz CT molecular complexity index is 1350. The molecule has 2 atom stereocenters. The van der Waals surface area contributed by atoms with E-state index in [2.05, 4.69) is 27.6 Å². The first-order chi connectivity index (χ1) is 20.2. The highest BCUT2D eigenvalue weighted by molar-refractivity contribution is 6.40. The fourth-order valence-corrected chi connectivity index (χ4v) is 7.25. The molecule has 1 amide bonds. The third-order valence-electron chi connectivity index (χ3n) is 8.79. The van der Waals surface area contributed by atoms with Crippen molar-refractivity contribution in [2.75, 3.05) is 32.1 Å². The number of amides is 1. The van der Waals surface area contributed by atoms with E-state index >= 15 is 0 Å². The molecule has 2 aromatic rings. The van der Waals surface area contributed by atoms with Crippen LogP contribution >= 0.6 is 23.2 Å². The number of hydrogen-bond donors (Lipinski definition) is 2. The monoisotopic (exact) mass is 612 g/mol. The molecule has 5 rings (SSSR count). The Labute approximate surface area is 257 Å². The molecule has 1 saturated carbocycles. The summed E-state index contributed by atoms with van der Waals surface area (Å²) in [6.07, 6.45) is 9.98. The number of benzene rings is 1. The Kier molecular flexibility index (Phi) is 9.55. The minimum Gasteiger partial charge on any atom is -0.464 e. The van der Waals surface area contributed by atoms with Gasteiger partial charge in [0.1, 0.15) is 6.04 Å². The number of rotatable bonds is 9. The van der Waals surface area contributed by atoms with Crippen LogP contribution in [0.2, 0.25) is 10.0 Å². The van der Waals surface area contributed by atoms with E-state index in [4.69, 9.17) is 27.9 Å². The van der Waals surface area contributed by atoms with Crippen LogP contribution in [0.15, 0.2) is 47.9 Å². The molecule has 2 aliphatic carbocycles. The maximum Gasteiger partial charge on any atom is 0.328 e. The summed E-state index contributed by atoms with van der Waals surface area (Å²) in [5.74, 6) is -0.317. The third kappa shape index (κ3) is 6.21. The van der Waals surface area contributed by atoms with Crippen LogP contribution in [-0.2, 0) is 20.7 Å². The summed E-state index contributed by atoms with van der Waals surface area (Å²) in [5, 5.41) is 6.72. The Morgan fingerprint density at radius 3 is 2.43 bits per heavy atom. The van der Waals surface area contributed by atoms with Crippen molar-refractivity contribution in [3.05, 3.63) is 69.1 Å². The van der Waals surface area contributed by atoms with Crippen molar-refractivity contribution in [3.63, 3.8) is 0 Å². The lowest BCUT2D eigenvalue weighted by Gasteiger charge is -2.50. The molecule has 2 heterocycles. The predicted octanol–water partition coefficient (Wildman–Crippen LogP) is 5.83. The smallest absolute Gasteiger partial charge is 0.328 e. The van der Waals surface area contributed by atoms with Gasteiger partial charge < -0.3 is 20.3 Å². The number of allylic oxidation sites excluding steroid dienone is 1. The van der Waals surface area contributed by atoms with E-state index in [9.17, 15) is 14.4 Å². The minimum atomic E-state index is -0.641. The Morgan fingerprint density at radius 1 is 1.10 bits per heavy atom. The molecule has 224 valence electrons. The van der Waals surface area contributed by atoms with Crippen LogP contribution in [0.3, 0.4) is 0 Å². The van der Waals surface area contributed by atoms with Gasteiger partial charge in [0.05, 0.1) is 27.6 Å². The highest BCUT2D eigenvalue weighted by Gasteiger charge is 2.56. The van der Waals surface area contributed by atoms with Crippen molar-refractivity contribution in [1.82, 2.24) is 15.2 Å². The normalized spacial score (nSPS) is 21.0. The summed E-state index contributed by atoms with van der Waals surface area (Å²) in [4.78, 5) is 46.0. The lowest BCUT2D eigenvalue weighted by atomic mass is 9.56. The van der Waals surface area contributed by atoms with E-state index in [1.807, 2.05) is 12.1 Å². The molecule has 1 saturated heterocycles. The largest absolute Gasteiger partial charge is 0.464 e. The molecular weight excluding hydrogens is 575 g/mol. The molecule has 1 aliphatic heterocycles. The molecular formula is C32H38Cl2N4O4. The number of ketones is 1. The number of ether oxygens (including phenoxy) is 1. The van der Waals surface area contributed by atoms with Gasteiger partial charge in [-0.2, -0.15) is 0 Å². The zero-order chi connectivity index (χ0) is 29.9. The van der Waals surface area contributed by atoms with Crippen molar-refractivity contribution in [2.45, 2.75) is 64.3 Å². The molecule has 10 heteroatoms. The predicted molar refractivity (Wildman–Crippen MR) is 164 cm³/mol. The number of halogens is 2. The van der Waals surface area contributed by atoms with Crippen LogP contribution in [0.4, 0.5) is 5.69 Å². The maximum atomic E-state index is 13.8. The number of Topliss-reactive ketones (excluding diaryl/α,β-unsaturated/α-hetero) is 1. The van der Waals surface area contributed by atoms with Crippen LogP contribution in [0.25, 0.3) is 0 Å². The SMILES string of the molecule is CCOC(=O)[C@H](Cc1ccc(NC(=O)c2c(Cl)cncc2Cl)cc1)NC1=C(C2CCCN(C)C2)C(=O)C12CCCCC2. The number of carbonyl (C=O) groups is 3. The summed E-state index contributed by atoms with van der Waals surface area (Å²) in [7, 11) is 2.10. The molecule has 8 nitrogen and oxygen atoms in total. The van der Waals surface area contributed by atoms with Crippen molar-refractivity contribution < 1.29 is 19.1 Å². The molecule has 1 aromatic heterocycles. The zero-order valence-electron chi connectivity index (χ0n) is 24.2. The molecule has 3 aliphatic rings. The number of piperidine rings is 1. The summed E-state index contributed by atoms with van der Waals surface area (Å²) in [6.45, 7) is 3.96. The summed E-state index contributed by atoms with van der Waals surface area (Å²) in [6, 6.07) is 6.64. The first-order valence-electron chi connectivity index (χ1n) is 14.8. The zero-order valence-corrected chi connectivity index (χ0v) is 25.7. The van der Waals surface area contributed by atoms with Gasteiger partial charge in [-0.3, -0.25) is 14.6 Å². The third-order valence-corrected chi connectivity index (χ3v) is 9.36. The maximum absolute atomic E-state index is 13.8. The van der Waals surface area contributed by atoms with Crippen molar-refractivity contribution >= 4 is 46.5 Å². The van der Waals surface area contributed by atoms with Crippen LogP contribution in [-0.4, -0.2) is 60.3 Å². The number of nitrogens with zero attached hydrogens (tertiary/aromatic N) is 2. The number of carbonyl (C=O) groups excluding carboxylic acids is 3. The van der Waals surface area contributed by atoms with Crippen LogP contribution in [0.5, 0.6) is 0 Å². The highest BCUT2D eigenvalue weighted by Crippen LogP contribution is 2.54. The van der Waals surface area contributed by atoms with E-state index in [1.165, 1.54) is 12.4 Å². The number of anilines is 1. The number of esters is 1. The van der Waals surface area contributed by atoms with E-state index in [0.29, 0.717) is 12.1 Å². The van der Waals surface area contributed by atoms with Crippen LogP contribution in [0.1, 0.15) is 67.8 Å². The molecule has 2 N–H and O–H groups in total. The summed E-state index contributed by atoms with van der Waals surface area (Å²) < 4.78 is 5.49. The molecule has 1 spiro atoms. The minimum absolute atomic E-state index is 0.156. The van der Waals surface area contributed by atoms with Crippen LogP contribution in [0, 0.1) is 11.3 Å². The van der Waals surface area contributed by atoms with E-state index < -0.39 is 17.4 Å². The molecule has 0 bridgehead atoms. The van der Waals surface area contributed by atoms with Gasteiger partial charge in [-0.15, -0.1) is 0 Å². The molecule has 0 radical (unpaired) electrons. The second-order valence-electron chi connectivity index (χ2n) is 11.6. The van der Waals surface area contributed by atoms with Gasteiger partial charge in [0.15, 0.2) is 5.78 Å². The first kappa shape index (κ1) is 30.5. The van der Waals surface area contributed by atoms with E-state index in [-0.39, 0.29) is 39.9 Å². The van der Waals surface area contributed by atoms with Gasteiger partial charge in [0, 0.05) is 48.2 Å². The molecule has 1 aromatic carbocycles. The number of aromatic nitrogens is 1. The number of likely N-dealkylation sites (tertiary alicyclic amines) is 1. The first-order valence-corrected chi connectivity index (χ1v) is 15.6. The summed E-state index contributed by atoms with van der Waals surface area (Å²) in [5.41, 5.74) is 2.97. The number of nitrogens with one attached hydrogen (secondary N) is 2. The van der Waals surface area contributed by atoms with Crippen LogP contribution < -0.4 is 10.6 Å². The molecule has 42 heavy (non-hydrogen) atoms. The topological polar surface area (TPSA) is 101 Å². The molecule has 2 fully saturated rings. The van der Waals surface area contributed by atoms with Crippen molar-refractivity contribution in [2.24, 2.45) is 11.3 Å². The fourth-order valence-electron chi connectivity index (χ4n) is 6.71. The quantitative estimate of drug-likeness (QED) is 0.343. The van der Waals surface area contributed by atoms with Gasteiger partial charge in [-0.25, -0.2) is 4.79 Å². The van der Waals surface area contributed by atoms with Gasteiger partial charge in [0.2, 0.25) is 0 Å². The Morgan fingerprint density at radius 2 is 1.79 bits per heavy atom. The lowest BCUT2D eigenvalue weighted by molar-refractivity contribution is -0.146. The second kappa shape index (κ2) is 13.1. The van der Waals surface area contributed by atoms with Gasteiger partial charge >= 0.3 is 5.97 Å². The Balaban J connectivity index is 1.37. The second-order valence-corrected chi connectivity index (χ2v) is 12.5. The number of hydrogen-bond acceptors (Lipinski definition) is 7. The fraction of sp³-hybridized carbons (Fsp3) is 0.500. The van der Waals surface area contributed by atoms with E-state index in [1.54, 1.807) is 19.1 Å². The highest BCUT2D eigenvalue weighted by atomic mass is 35.5. The standard InChI is InChI=1S/C32H38Cl2N4O4/c1-3-42-31(41)25(16-20-9-11-22(12-10-20)36-30(40)27-23(33)17-35-18-24(27)34)37-28-26(21-8-7-15-38(2)19-21)29(39)32(28)13-5-4-6-14-32/h9-12,17-18,21,25,37H,3-8,13-16,19H2,1-2H3,(H,36,40)/t21?,25-/m0/s1. The Hall–Kier alpha value is -2.94. The average molecular weight is 614 g/mol. The van der Waals surface area contributed by atoms with Gasteiger partial charge in [-0.05, 0) is 63.9 Å². The van der Waals surface area contributed by atoms with E-state index in [0.717, 1.165) is 74.9 Å². The van der Waals surface area contributed by atoms with Crippen molar-refractivity contribution in [1.29, 1.82) is 0 Å². The lowest BCUT2D eigenvalue weighted by Crippen LogP contribution is -2.57. The molecule has 1 unspecified atom stereocenters. The van der Waals surface area contributed by atoms with Gasteiger partial charge in [0.25, 0.3) is 5.91 Å². The average Bonchev–Trinajstić information content (AvgIpc) is 2.97. The van der Waals surface area contributed by atoms with Gasteiger partial charge in [-0.1, -0.05) is 54.6 Å². The number of pyridine rings is 1. The van der Waals surface area contributed by atoms with Crippen molar-refractivity contribution in [3.8, 4) is 0 Å².